The molecule has 0 amide bonds. The smallest absolute Gasteiger partial charge is 0.213 e. The van der Waals surface area contributed by atoms with E-state index in [0.717, 1.165) is 0 Å². The van der Waals surface area contributed by atoms with Crippen molar-refractivity contribution in [2.75, 3.05) is 0 Å². The first-order chi connectivity index (χ1) is 6.72. The van der Waals surface area contributed by atoms with Gasteiger partial charge in [-0.1, -0.05) is 24.4 Å². The number of aromatic nitrogens is 1. The molecule has 2 N–H and O–H groups in total. The lowest BCUT2D eigenvalue weighted by Gasteiger charge is -1.97. The van der Waals surface area contributed by atoms with Crippen LogP contribution in [-0.2, 0) is 6.54 Å². The van der Waals surface area contributed by atoms with Gasteiger partial charge in [0.1, 0.15) is 0 Å². The second kappa shape index (κ2) is 5.39. The quantitative estimate of drug-likeness (QED) is 0.472. The molecule has 1 aromatic heterocycles. The van der Waals surface area contributed by atoms with Crippen LogP contribution in [0.4, 0.5) is 4.39 Å². The molecule has 0 saturated heterocycles. The third-order valence-electron chi connectivity index (χ3n) is 1.37. The monoisotopic (exact) mass is 211 g/mol. The topological polar surface area (TPSA) is 51.3 Å². The highest BCUT2D eigenvalue weighted by molar-refractivity contribution is 8.16. The van der Waals surface area contributed by atoms with E-state index >= 15 is 0 Å². The van der Waals surface area contributed by atoms with Crippen LogP contribution in [0.25, 0.3) is 0 Å². The van der Waals surface area contributed by atoms with Gasteiger partial charge in [0.05, 0.1) is 12.2 Å². The van der Waals surface area contributed by atoms with Crippen molar-refractivity contribution in [2.45, 2.75) is 6.54 Å². The number of nitrogens with zero attached hydrogens (tertiary/aromatic N) is 2. The Balaban J connectivity index is 2.61. The first-order valence-corrected chi connectivity index (χ1v) is 4.79. The van der Waals surface area contributed by atoms with E-state index in [1.807, 2.05) is 0 Å². The van der Waals surface area contributed by atoms with E-state index in [4.69, 9.17) is 5.73 Å². The lowest BCUT2D eigenvalue weighted by molar-refractivity contribution is 0.577. The van der Waals surface area contributed by atoms with Gasteiger partial charge in [-0.2, -0.15) is 4.39 Å². The van der Waals surface area contributed by atoms with Gasteiger partial charge < -0.3 is 5.73 Å². The van der Waals surface area contributed by atoms with Crippen LogP contribution < -0.4 is 5.73 Å². The Morgan fingerprint density at radius 1 is 1.71 bits per heavy atom. The van der Waals surface area contributed by atoms with Crippen LogP contribution in [0.3, 0.4) is 0 Å². The van der Waals surface area contributed by atoms with Gasteiger partial charge in [0.25, 0.3) is 0 Å². The highest BCUT2D eigenvalue weighted by Crippen LogP contribution is 2.03. The summed E-state index contributed by atoms with van der Waals surface area (Å²) < 4.78 is 12.6. The number of hydrogen-bond acceptors (Lipinski definition) is 3. The second-order valence-electron chi connectivity index (χ2n) is 2.39. The average Bonchev–Trinajstić information content (AvgIpc) is 2.15. The SMILES string of the molecule is C=CSC(N)=NCc1cccc(F)n1. The van der Waals surface area contributed by atoms with Gasteiger partial charge in [-0.3, -0.25) is 4.99 Å². The first-order valence-electron chi connectivity index (χ1n) is 3.91. The summed E-state index contributed by atoms with van der Waals surface area (Å²) in [5.74, 6) is -0.507. The normalized spacial score (nSPS) is 11.4. The second-order valence-corrected chi connectivity index (χ2v) is 3.38. The predicted molar refractivity (Wildman–Crippen MR) is 57.3 cm³/mol. The number of thioether (sulfide) groups is 1. The molecule has 0 bridgehead atoms. The van der Waals surface area contributed by atoms with Crippen LogP contribution in [0.5, 0.6) is 0 Å². The van der Waals surface area contributed by atoms with Crippen molar-refractivity contribution in [1.82, 2.24) is 4.98 Å². The summed E-state index contributed by atoms with van der Waals surface area (Å²) in [7, 11) is 0. The van der Waals surface area contributed by atoms with Gasteiger partial charge in [-0.15, -0.1) is 0 Å². The molecule has 1 rings (SSSR count). The Kier molecular flexibility index (Phi) is 4.12. The fraction of sp³-hybridized carbons (Fsp3) is 0.111. The highest BCUT2D eigenvalue weighted by Gasteiger charge is 1.95. The Morgan fingerprint density at radius 3 is 3.14 bits per heavy atom. The number of halogens is 1. The molecule has 0 aliphatic heterocycles. The van der Waals surface area contributed by atoms with E-state index in [0.29, 0.717) is 10.9 Å². The number of hydrogen-bond donors (Lipinski definition) is 1. The minimum atomic E-state index is -0.507. The maximum absolute atomic E-state index is 12.6. The van der Waals surface area contributed by atoms with Crippen molar-refractivity contribution in [1.29, 1.82) is 0 Å². The van der Waals surface area contributed by atoms with Crippen molar-refractivity contribution in [3.05, 3.63) is 41.8 Å². The van der Waals surface area contributed by atoms with Crippen LogP contribution >= 0.6 is 11.8 Å². The Hall–Kier alpha value is -1.36. The number of rotatable bonds is 3. The zero-order chi connectivity index (χ0) is 10.4. The summed E-state index contributed by atoms with van der Waals surface area (Å²) in [4.78, 5) is 7.62. The van der Waals surface area contributed by atoms with Crippen LogP contribution in [-0.4, -0.2) is 10.2 Å². The van der Waals surface area contributed by atoms with Gasteiger partial charge in [-0.25, -0.2) is 4.98 Å². The number of pyridine rings is 1. The summed E-state index contributed by atoms with van der Waals surface area (Å²) in [5.41, 5.74) is 6.04. The molecule has 1 aromatic rings. The maximum atomic E-state index is 12.6. The third-order valence-corrected chi connectivity index (χ3v) is 1.91. The Bertz CT molecular complexity index is 352. The van der Waals surface area contributed by atoms with Gasteiger partial charge in [0.2, 0.25) is 5.95 Å². The largest absolute Gasteiger partial charge is 0.378 e. The lowest BCUT2D eigenvalue weighted by atomic mass is 10.3. The summed E-state index contributed by atoms with van der Waals surface area (Å²) in [6.07, 6.45) is 0. The highest BCUT2D eigenvalue weighted by atomic mass is 32.2. The fourth-order valence-electron chi connectivity index (χ4n) is 0.820. The molecule has 3 nitrogen and oxygen atoms in total. The number of amidine groups is 1. The molecule has 0 aliphatic rings. The van der Waals surface area contributed by atoms with E-state index < -0.39 is 5.95 Å². The summed E-state index contributed by atoms with van der Waals surface area (Å²) >= 11 is 1.22. The fourth-order valence-corrected chi connectivity index (χ4v) is 1.13. The molecule has 0 atom stereocenters. The summed E-state index contributed by atoms with van der Waals surface area (Å²) in [6.45, 7) is 3.78. The maximum Gasteiger partial charge on any atom is 0.213 e. The van der Waals surface area contributed by atoms with E-state index in [1.165, 1.54) is 17.8 Å². The lowest BCUT2D eigenvalue weighted by Crippen LogP contribution is -2.05. The molecule has 0 aliphatic carbocycles. The number of aliphatic imine (C=N–C) groups is 1. The van der Waals surface area contributed by atoms with Gasteiger partial charge in [-0.05, 0) is 17.5 Å². The van der Waals surface area contributed by atoms with Crippen LogP contribution in [0.1, 0.15) is 5.69 Å². The van der Waals surface area contributed by atoms with Gasteiger partial charge in [0, 0.05) is 0 Å². The summed E-state index contributed by atoms with van der Waals surface area (Å²) in [6, 6.07) is 4.57. The van der Waals surface area contributed by atoms with Gasteiger partial charge in [0.15, 0.2) is 5.17 Å². The zero-order valence-electron chi connectivity index (χ0n) is 7.48. The van der Waals surface area contributed by atoms with Crippen molar-refractivity contribution in [3.8, 4) is 0 Å². The van der Waals surface area contributed by atoms with Crippen LogP contribution in [0, 0.1) is 5.95 Å². The Labute approximate surface area is 85.9 Å². The zero-order valence-corrected chi connectivity index (χ0v) is 8.30. The molecule has 1 heterocycles. The third kappa shape index (κ3) is 3.57. The minimum absolute atomic E-state index is 0.282. The van der Waals surface area contributed by atoms with E-state index in [-0.39, 0.29) is 6.54 Å². The molecule has 0 radical (unpaired) electrons. The minimum Gasteiger partial charge on any atom is -0.378 e. The Morgan fingerprint density at radius 2 is 2.50 bits per heavy atom. The molecule has 0 spiro atoms. The molecular formula is C9H10FN3S. The number of nitrogens with two attached hydrogens (primary N) is 1. The van der Waals surface area contributed by atoms with Crippen molar-refractivity contribution >= 4 is 16.9 Å². The van der Waals surface area contributed by atoms with Crippen molar-refractivity contribution in [3.63, 3.8) is 0 Å². The molecule has 14 heavy (non-hydrogen) atoms. The van der Waals surface area contributed by atoms with E-state index in [2.05, 4.69) is 16.6 Å². The molecule has 0 saturated carbocycles. The molecule has 0 fully saturated rings. The van der Waals surface area contributed by atoms with Crippen LogP contribution in [0.15, 0.2) is 35.2 Å². The molecule has 0 aromatic carbocycles. The van der Waals surface area contributed by atoms with Crippen molar-refractivity contribution in [2.24, 2.45) is 10.7 Å². The molecule has 74 valence electrons. The molecule has 0 unspecified atom stereocenters. The standard InChI is InChI=1S/C9H10FN3S/c1-2-14-9(11)12-6-7-4-3-5-8(10)13-7/h2-5H,1,6H2,(H2,11,12). The molecule has 5 heteroatoms. The van der Waals surface area contributed by atoms with E-state index in [1.54, 1.807) is 17.5 Å². The van der Waals surface area contributed by atoms with Crippen molar-refractivity contribution < 1.29 is 4.39 Å². The van der Waals surface area contributed by atoms with Gasteiger partial charge >= 0.3 is 0 Å². The molecular weight excluding hydrogens is 201 g/mol. The predicted octanol–water partition coefficient (Wildman–Crippen LogP) is 1.91. The summed E-state index contributed by atoms with van der Waals surface area (Å²) in [5, 5.41) is 1.98. The first kappa shape index (κ1) is 10.7. The van der Waals surface area contributed by atoms with E-state index in [9.17, 15) is 4.39 Å². The average molecular weight is 211 g/mol. The van der Waals surface area contributed by atoms with Crippen LogP contribution in [0.2, 0.25) is 0 Å².